The third kappa shape index (κ3) is 2.88. The van der Waals surface area contributed by atoms with Gasteiger partial charge in [0.05, 0.1) is 5.41 Å². The summed E-state index contributed by atoms with van der Waals surface area (Å²) < 4.78 is 13.0. The second kappa shape index (κ2) is 5.96. The summed E-state index contributed by atoms with van der Waals surface area (Å²) in [4.78, 5) is 12.3. The quantitative estimate of drug-likeness (QED) is 0.846. The molecule has 0 aliphatic rings. The van der Waals surface area contributed by atoms with Gasteiger partial charge in [-0.15, -0.1) is 0 Å². The second-order valence-electron chi connectivity index (χ2n) is 4.60. The van der Waals surface area contributed by atoms with E-state index >= 15 is 0 Å². The van der Waals surface area contributed by atoms with Crippen molar-refractivity contribution < 1.29 is 9.18 Å². The molecule has 0 spiro atoms. The van der Waals surface area contributed by atoms with Gasteiger partial charge < -0.3 is 11.1 Å². The summed E-state index contributed by atoms with van der Waals surface area (Å²) in [5.74, 6) is -0.397. The molecule has 0 heterocycles. The van der Waals surface area contributed by atoms with Gasteiger partial charge in [0.2, 0.25) is 5.91 Å². The Labute approximate surface area is 108 Å². The van der Waals surface area contributed by atoms with Crippen molar-refractivity contribution in [2.24, 2.45) is 11.1 Å². The molecule has 0 fully saturated rings. The minimum Gasteiger partial charge on any atom is -0.329 e. The molecule has 0 radical (unpaired) electrons. The lowest BCUT2D eigenvalue weighted by Crippen LogP contribution is -2.41. The molecule has 3 nitrogen and oxygen atoms in total. The summed E-state index contributed by atoms with van der Waals surface area (Å²) in [6, 6.07) is 4.32. The number of anilines is 1. The van der Waals surface area contributed by atoms with Crippen molar-refractivity contribution in [2.75, 3.05) is 11.9 Å². The Morgan fingerprint density at radius 3 is 2.44 bits per heavy atom. The average molecular weight is 252 g/mol. The maximum Gasteiger partial charge on any atom is 0.231 e. The SMILES string of the molecule is CCC(CC)(CN)C(=O)Nc1ccc(F)cc1C. The lowest BCUT2D eigenvalue weighted by molar-refractivity contribution is -0.125. The van der Waals surface area contributed by atoms with Gasteiger partial charge in [-0.3, -0.25) is 4.79 Å². The van der Waals surface area contributed by atoms with E-state index in [1.54, 1.807) is 13.0 Å². The van der Waals surface area contributed by atoms with E-state index in [2.05, 4.69) is 5.32 Å². The molecule has 0 saturated carbocycles. The van der Waals surface area contributed by atoms with Gasteiger partial charge in [0.1, 0.15) is 5.82 Å². The predicted molar refractivity (Wildman–Crippen MR) is 71.8 cm³/mol. The molecular weight excluding hydrogens is 231 g/mol. The average Bonchev–Trinajstić information content (AvgIpc) is 2.36. The highest BCUT2D eigenvalue weighted by molar-refractivity contribution is 5.96. The molecule has 0 atom stereocenters. The second-order valence-corrected chi connectivity index (χ2v) is 4.60. The number of aryl methyl sites for hydroxylation is 1. The van der Waals surface area contributed by atoms with Gasteiger partial charge in [0.25, 0.3) is 0 Å². The van der Waals surface area contributed by atoms with E-state index in [-0.39, 0.29) is 11.7 Å². The third-order valence-corrected chi connectivity index (χ3v) is 3.66. The summed E-state index contributed by atoms with van der Waals surface area (Å²) in [5, 5.41) is 2.85. The molecule has 0 saturated heterocycles. The Morgan fingerprint density at radius 2 is 2.00 bits per heavy atom. The van der Waals surface area contributed by atoms with Crippen LogP contribution >= 0.6 is 0 Å². The molecule has 1 aromatic carbocycles. The van der Waals surface area contributed by atoms with Crippen molar-refractivity contribution in [3.05, 3.63) is 29.6 Å². The first-order valence-electron chi connectivity index (χ1n) is 6.26. The molecule has 18 heavy (non-hydrogen) atoms. The van der Waals surface area contributed by atoms with Gasteiger partial charge in [-0.25, -0.2) is 4.39 Å². The van der Waals surface area contributed by atoms with Crippen LogP contribution in [0, 0.1) is 18.2 Å². The Hall–Kier alpha value is -1.42. The standard InChI is InChI=1S/C14H21FN2O/c1-4-14(5-2,9-16)13(18)17-12-7-6-11(15)8-10(12)3/h6-8H,4-5,9,16H2,1-3H3,(H,17,18). The van der Waals surface area contributed by atoms with Crippen LogP contribution in [0.4, 0.5) is 10.1 Å². The fourth-order valence-corrected chi connectivity index (χ4v) is 1.97. The molecule has 0 bridgehead atoms. The van der Waals surface area contributed by atoms with E-state index in [9.17, 15) is 9.18 Å². The number of nitrogens with two attached hydrogens (primary N) is 1. The first-order valence-corrected chi connectivity index (χ1v) is 6.26. The lowest BCUT2D eigenvalue weighted by atomic mass is 9.81. The zero-order valence-corrected chi connectivity index (χ0v) is 11.2. The van der Waals surface area contributed by atoms with Gasteiger partial charge in [-0.1, -0.05) is 13.8 Å². The molecule has 100 valence electrons. The predicted octanol–water partition coefficient (Wildman–Crippen LogP) is 2.84. The largest absolute Gasteiger partial charge is 0.329 e. The molecule has 4 heteroatoms. The van der Waals surface area contributed by atoms with E-state index < -0.39 is 5.41 Å². The van der Waals surface area contributed by atoms with Crippen LogP contribution in [-0.4, -0.2) is 12.5 Å². The zero-order valence-electron chi connectivity index (χ0n) is 11.2. The number of nitrogens with one attached hydrogen (secondary N) is 1. The highest BCUT2D eigenvalue weighted by Gasteiger charge is 2.33. The number of hydrogen-bond donors (Lipinski definition) is 2. The Bertz CT molecular complexity index is 420. The van der Waals surface area contributed by atoms with Crippen molar-refractivity contribution in [2.45, 2.75) is 33.6 Å². The number of halogens is 1. The smallest absolute Gasteiger partial charge is 0.231 e. The fourth-order valence-electron chi connectivity index (χ4n) is 1.97. The van der Waals surface area contributed by atoms with Crippen LogP contribution in [0.25, 0.3) is 0 Å². The number of amides is 1. The Kier molecular flexibility index (Phi) is 4.84. The molecular formula is C14H21FN2O. The summed E-state index contributed by atoms with van der Waals surface area (Å²) in [6.45, 7) is 5.98. The number of rotatable bonds is 5. The van der Waals surface area contributed by atoms with E-state index in [1.165, 1.54) is 12.1 Å². The van der Waals surface area contributed by atoms with Crippen LogP contribution in [0.15, 0.2) is 18.2 Å². The Balaban J connectivity index is 2.93. The molecule has 0 aliphatic carbocycles. The van der Waals surface area contributed by atoms with Crippen LogP contribution < -0.4 is 11.1 Å². The molecule has 1 aromatic rings. The van der Waals surface area contributed by atoms with Gasteiger partial charge in [0.15, 0.2) is 0 Å². The lowest BCUT2D eigenvalue weighted by Gasteiger charge is -2.28. The molecule has 0 aromatic heterocycles. The topological polar surface area (TPSA) is 55.1 Å². The van der Waals surface area contributed by atoms with E-state index in [0.29, 0.717) is 30.6 Å². The summed E-state index contributed by atoms with van der Waals surface area (Å²) in [7, 11) is 0. The van der Waals surface area contributed by atoms with Gasteiger partial charge in [-0.2, -0.15) is 0 Å². The summed E-state index contributed by atoms with van der Waals surface area (Å²) in [5.41, 5.74) is 6.53. The van der Waals surface area contributed by atoms with Crippen molar-refractivity contribution in [3.8, 4) is 0 Å². The monoisotopic (exact) mass is 252 g/mol. The molecule has 1 amide bonds. The van der Waals surface area contributed by atoms with Gasteiger partial charge in [-0.05, 0) is 43.5 Å². The highest BCUT2D eigenvalue weighted by atomic mass is 19.1. The van der Waals surface area contributed by atoms with Gasteiger partial charge >= 0.3 is 0 Å². The van der Waals surface area contributed by atoms with Crippen molar-refractivity contribution in [1.29, 1.82) is 0 Å². The molecule has 0 unspecified atom stereocenters. The van der Waals surface area contributed by atoms with Crippen molar-refractivity contribution in [1.82, 2.24) is 0 Å². The Morgan fingerprint density at radius 1 is 1.39 bits per heavy atom. The van der Waals surface area contributed by atoms with Crippen molar-refractivity contribution >= 4 is 11.6 Å². The fraction of sp³-hybridized carbons (Fsp3) is 0.500. The van der Waals surface area contributed by atoms with Gasteiger partial charge in [0, 0.05) is 12.2 Å². The van der Waals surface area contributed by atoms with Crippen LogP contribution in [0.1, 0.15) is 32.3 Å². The number of carbonyl (C=O) groups excluding carboxylic acids is 1. The third-order valence-electron chi connectivity index (χ3n) is 3.66. The normalized spacial score (nSPS) is 11.4. The van der Waals surface area contributed by atoms with E-state index in [1.807, 2.05) is 13.8 Å². The van der Waals surface area contributed by atoms with Crippen LogP contribution in [0.2, 0.25) is 0 Å². The molecule has 0 aliphatic heterocycles. The minimum atomic E-state index is -0.541. The number of benzene rings is 1. The van der Waals surface area contributed by atoms with Crippen molar-refractivity contribution in [3.63, 3.8) is 0 Å². The van der Waals surface area contributed by atoms with Crippen LogP contribution in [0.3, 0.4) is 0 Å². The molecule has 3 N–H and O–H groups in total. The van der Waals surface area contributed by atoms with Crippen LogP contribution in [0.5, 0.6) is 0 Å². The first-order chi connectivity index (χ1) is 8.49. The molecule has 1 rings (SSSR count). The highest BCUT2D eigenvalue weighted by Crippen LogP contribution is 2.27. The maximum absolute atomic E-state index is 13.0. The van der Waals surface area contributed by atoms with E-state index in [0.717, 1.165) is 0 Å². The summed E-state index contributed by atoms with van der Waals surface area (Å²) in [6.07, 6.45) is 1.37. The minimum absolute atomic E-state index is 0.0929. The zero-order chi connectivity index (χ0) is 13.8. The first kappa shape index (κ1) is 14.6. The van der Waals surface area contributed by atoms with E-state index in [4.69, 9.17) is 5.73 Å². The maximum atomic E-state index is 13.0. The number of hydrogen-bond acceptors (Lipinski definition) is 2. The number of carbonyl (C=O) groups is 1. The summed E-state index contributed by atoms with van der Waals surface area (Å²) >= 11 is 0. The van der Waals surface area contributed by atoms with Crippen LogP contribution in [-0.2, 0) is 4.79 Å².